The molecule has 1 amide bonds. The van der Waals surface area contributed by atoms with Gasteiger partial charge in [-0.15, -0.1) is 10.2 Å². The highest BCUT2D eigenvalue weighted by Crippen LogP contribution is 2.42. The van der Waals surface area contributed by atoms with Gasteiger partial charge in [-0.05, 0) is 68.2 Å². The Kier molecular flexibility index (Phi) is 11.1. The Morgan fingerprint density at radius 1 is 1.16 bits per heavy atom. The highest BCUT2D eigenvalue weighted by Gasteiger charge is 2.34. The van der Waals surface area contributed by atoms with Crippen LogP contribution in [0.1, 0.15) is 87.0 Å². The quantitative estimate of drug-likeness (QED) is 0.218. The Bertz CT molecular complexity index is 1290. The number of hydrogen-bond acceptors (Lipinski definition) is 9. The van der Waals surface area contributed by atoms with Crippen molar-refractivity contribution >= 4 is 17.9 Å². The number of carbonyl (C=O) groups is 2. The summed E-state index contributed by atoms with van der Waals surface area (Å²) >= 11 is 0. The lowest BCUT2D eigenvalue weighted by Gasteiger charge is -2.31. The number of ether oxygens (including phenoxy) is 3. The first-order chi connectivity index (χ1) is 20.6. The molecule has 2 aliphatic rings. The van der Waals surface area contributed by atoms with Gasteiger partial charge in [0.1, 0.15) is 18.1 Å². The molecule has 1 unspecified atom stereocenters. The second kappa shape index (κ2) is 14.7. The summed E-state index contributed by atoms with van der Waals surface area (Å²) in [5.74, 6) is 0.101. The van der Waals surface area contributed by atoms with E-state index in [1.54, 1.807) is 6.92 Å². The van der Waals surface area contributed by atoms with Crippen molar-refractivity contribution in [1.82, 2.24) is 10.2 Å². The molecule has 4 rings (SSSR count). The molecule has 1 aromatic carbocycles. The maximum Gasteiger partial charge on any atom is 0.416 e. The molecule has 0 bridgehead atoms. The largest absolute Gasteiger partial charge is 0.507 e. The van der Waals surface area contributed by atoms with Gasteiger partial charge in [-0.3, -0.25) is 4.79 Å². The van der Waals surface area contributed by atoms with E-state index >= 15 is 0 Å². The number of esters is 1. The monoisotopic (exact) mass is 608 g/mol. The molecule has 1 saturated carbocycles. The number of nitrogens with two attached hydrogens (primary N) is 1. The van der Waals surface area contributed by atoms with Crippen molar-refractivity contribution in [1.29, 1.82) is 0 Å². The lowest BCUT2D eigenvalue weighted by atomic mass is 9.82. The Labute approximate surface area is 248 Å². The summed E-state index contributed by atoms with van der Waals surface area (Å²) in [4.78, 5) is 23.2. The lowest BCUT2D eigenvalue weighted by Crippen LogP contribution is -2.29. The number of nitrogens with one attached hydrogen (secondary N) is 1. The van der Waals surface area contributed by atoms with Crippen LogP contribution in [0.25, 0.3) is 11.3 Å². The van der Waals surface area contributed by atoms with Gasteiger partial charge in [-0.25, -0.2) is 4.79 Å². The molecule has 43 heavy (non-hydrogen) atoms. The number of rotatable bonds is 10. The van der Waals surface area contributed by atoms with Crippen molar-refractivity contribution in [2.75, 3.05) is 18.5 Å². The molecule has 236 valence electrons. The number of aromatic hydroxyl groups is 1. The smallest absolute Gasteiger partial charge is 0.416 e. The molecular weight excluding hydrogens is 569 g/mol. The number of anilines is 1. The molecule has 2 heterocycles. The summed E-state index contributed by atoms with van der Waals surface area (Å²) in [5.41, 5.74) is 5.83. The zero-order valence-electron chi connectivity index (χ0n) is 24.3. The molecule has 0 radical (unpaired) electrons. The minimum atomic E-state index is -4.66. The number of carbonyl (C=O) groups excluding carboxylic acids is 2. The number of primary amides is 1. The minimum Gasteiger partial charge on any atom is -0.507 e. The van der Waals surface area contributed by atoms with E-state index < -0.39 is 23.6 Å². The van der Waals surface area contributed by atoms with Crippen molar-refractivity contribution in [3.05, 3.63) is 34.4 Å². The van der Waals surface area contributed by atoms with Crippen LogP contribution in [0.4, 0.5) is 23.8 Å². The van der Waals surface area contributed by atoms with E-state index in [1.165, 1.54) is 0 Å². The second-order valence-electron chi connectivity index (χ2n) is 11.1. The molecule has 1 aliphatic heterocycles. The third-order valence-corrected chi connectivity index (χ3v) is 7.95. The molecule has 10 nitrogen and oxygen atoms in total. The van der Waals surface area contributed by atoms with Gasteiger partial charge in [-0.2, -0.15) is 13.2 Å². The summed E-state index contributed by atoms with van der Waals surface area (Å²) in [7, 11) is 0. The van der Waals surface area contributed by atoms with Gasteiger partial charge in [0.2, 0.25) is 0 Å². The summed E-state index contributed by atoms with van der Waals surface area (Å²) in [5, 5.41) is 23.1. The van der Waals surface area contributed by atoms with E-state index in [1.807, 2.05) is 0 Å². The number of nitrogens with zero attached hydrogens (tertiary/aromatic N) is 2. The van der Waals surface area contributed by atoms with Crippen LogP contribution >= 0.6 is 0 Å². The van der Waals surface area contributed by atoms with E-state index in [0.29, 0.717) is 54.8 Å². The maximum absolute atomic E-state index is 13.5. The zero-order chi connectivity index (χ0) is 31.0. The number of halogens is 3. The average Bonchev–Trinajstić information content (AvgIpc) is 3.03. The van der Waals surface area contributed by atoms with Crippen LogP contribution in [0.5, 0.6) is 5.75 Å². The molecule has 1 fully saturated rings. The fourth-order valence-corrected chi connectivity index (χ4v) is 5.97. The average molecular weight is 609 g/mol. The topological polar surface area (TPSA) is 146 Å². The van der Waals surface area contributed by atoms with Crippen LogP contribution in [0.3, 0.4) is 0 Å². The minimum absolute atomic E-state index is 0.0678. The SMILES string of the molecule is CCOC(=O)CCCCC1CCC[C@@H](Nc2nnc3c(c2COC(N)=O)CCCOCc2cc(C(F)(F)F)cc(O)c2-3)C1. The summed E-state index contributed by atoms with van der Waals surface area (Å²) in [6, 6.07) is 1.69. The highest BCUT2D eigenvalue weighted by atomic mass is 19.4. The number of aromatic nitrogens is 2. The van der Waals surface area contributed by atoms with Gasteiger partial charge in [0, 0.05) is 30.2 Å². The van der Waals surface area contributed by atoms with E-state index in [9.17, 15) is 27.9 Å². The van der Waals surface area contributed by atoms with Crippen molar-refractivity contribution in [3.8, 4) is 17.0 Å². The van der Waals surface area contributed by atoms with E-state index in [-0.39, 0.29) is 48.7 Å². The molecule has 13 heteroatoms. The third-order valence-electron chi connectivity index (χ3n) is 7.95. The number of unbranched alkanes of at least 4 members (excludes halogenated alkanes) is 1. The van der Waals surface area contributed by atoms with Gasteiger partial charge in [0.05, 0.1) is 18.8 Å². The predicted molar refractivity (Wildman–Crippen MR) is 151 cm³/mol. The van der Waals surface area contributed by atoms with Crippen LogP contribution in [-0.2, 0) is 44.8 Å². The van der Waals surface area contributed by atoms with Crippen molar-refractivity contribution in [2.24, 2.45) is 11.7 Å². The lowest BCUT2D eigenvalue weighted by molar-refractivity contribution is -0.143. The van der Waals surface area contributed by atoms with Crippen LogP contribution in [0, 0.1) is 5.92 Å². The summed E-state index contributed by atoms with van der Waals surface area (Å²) < 4.78 is 56.4. The Morgan fingerprint density at radius 2 is 1.98 bits per heavy atom. The Hall–Kier alpha value is -3.61. The van der Waals surface area contributed by atoms with Crippen LogP contribution in [0.15, 0.2) is 12.1 Å². The highest BCUT2D eigenvalue weighted by molar-refractivity contribution is 5.76. The molecule has 2 atom stereocenters. The fourth-order valence-electron chi connectivity index (χ4n) is 5.97. The molecule has 1 aliphatic carbocycles. The van der Waals surface area contributed by atoms with E-state index in [4.69, 9.17) is 19.9 Å². The van der Waals surface area contributed by atoms with Gasteiger partial charge in [0.15, 0.2) is 5.82 Å². The first kappa shape index (κ1) is 32.3. The molecule has 4 N–H and O–H groups in total. The molecule has 0 saturated heterocycles. The van der Waals surface area contributed by atoms with E-state index in [2.05, 4.69) is 15.5 Å². The predicted octanol–water partition coefficient (Wildman–Crippen LogP) is 6.02. The van der Waals surface area contributed by atoms with Gasteiger partial charge >= 0.3 is 18.2 Å². The van der Waals surface area contributed by atoms with Crippen LogP contribution in [0.2, 0.25) is 0 Å². The maximum atomic E-state index is 13.5. The van der Waals surface area contributed by atoms with Crippen molar-refractivity contribution in [3.63, 3.8) is 0 Å². The number of benzene rings is 1. The van der Waals surface area contributed by atoms with Crippen molar-refractivity contribution < 1.29 is 42.1 Å². The van der Waals surface area contributed by atoms with Gasteiger partial charge < -0.3 is 30.4 Å². The summed E-state index contributed by atoms with van der Waals surface area (Å²) in [6.07, 6.45) is 2.23. The van der Waals surface area contributed by atoms with Gasteiger partial charge in [-0.1, -0.05) is 25.7 Å². The van der Waals surface area contributed by atoms with E-state index in [0.717, 1.165) is 51.0 Å². The number of amides is 1. The number of alkyl halides is 3. The first-order valence-corrected chi connectivity index (χ1v) is 14.8. The van der Waals surface area contributed by atoms with Crippen LogP contribution < -0.4 is 11.1 Å². The summed E-state index contributed by atoms with van der Waals surface area (Å²) in [6.45, 7) is 2.06. The first-order valence-electron chi connectivity index (χ1n) is 14.8. The van der Waals surface area contributed by atoms with Gasteiger partial charge in [0.25, 0.3) is 0 Å². The molecular formula is C30H39F3N4O6. The second-order valence-corrected chi connectivity index (χ2v) is 11.1. The van der Waals surface area contributed by atoms with Crippen LogP contribution in [-0.4, -0.2) is 46.6 Å². The number of phenolic OH excluding ortho intramolecular Hbond substituents is 1. The fraction of sp³-hybridized carbons (Fsp3) is 0.600. The Balaban J connectivity index is 1.60. The molecule has 2 aromatic rings. The zero-order valence-corrected chi connectivity index (χ0v) is 24.3. The third kappa shape index (κ3) is 8.71. The molecule has 1 aromatic heterocycles. The standard InChI is InChI=1S/C30H39F3N4O6/c1-2-42-25(39)11-4-3-7-18-8-5-9-21(13-18)35-28-23(17-43-29(34)40)22-10-6-12-41-16-19-14-20(30(31,32)33)15-24(38)26(19)27(22)36-37-28/h14-15,18,21,38H,2-13,16-17H2,1H3,(H2,34,40)(H,35,37)/t18?,21-/m1/s1. The Morgan fingerprint density at radius 3 is 2.72 bits per heavy atom. The van der Waals surface area contributed by atoms with Crippen molar-refractivity contribution in [2.45, 2.75) is 96.6 Å². The number of hydrogen-bond donors (Lipinski definition) is 3. The molecule has 0 spiro atoms. The normalized spacial score (nSPS) is 18.8. The number of fused-ring (bicyclic) bond motifs is 3. The number of phenols is 1.